The van der Waals surface area contributed by atoms with Crippen LogP contribution in [0.25, 0.3) is 10.7 Å². The first-order chi connectivity index (χ1) is 11.7. The SMILES string of the molecule is N#Cc1ccc(CNC(=O)Cc2csc(-c3ccccn3)n2)cc1. The fraction of sp³-hybridized carbons (Fsp3) is 0.111. The molecule has 1 N–H and O–H groups in total. The largest absolute Gasteiger partial charge is 0.352 e. The van der Waals surface area contributed by atoms with E-state index >= 15 is 0 Å². The Kier molecular flexibility index (Phi) is 4.94. The number of hydrogen-bond acceptors (Lipinski definition) is 5. The lowest BCUT2D eigenvalue weighted by Gasteiger charge is -2.04. The van der Waals surface area contributed by atoms with Crippen LogP contribution < -0.4 is 5.32 Å². The first-order valence-corrected chi connectivity index (χ1v) is 8.24. The Labute approximate surface area is 143 Å². The van der Waals surface area contributed by atoms with Gasteiger partial charge in [-0.05, 0) is 29.8 Å². The van der Waals surface area contributed by atoms with Gasteiger partial charge in [0.2, 0.25) is 5.91 Å². The number of nitrogens with one attached hydrogen (secondary N) is 1. The van der Waals surface area contributed by atoms with E-state index in [2.05, 4.69) is 21.4 Å². The molecule has 5 nitrogen and oxygen atoms in total. The number of nitrogens with zero attached hydrogens (tertiary/aromatic N) is 3. The number of nitriles is 1. The van der Waals surface area contributed by atoms with E-state index in [1.54, 1.807) is 18.3 Å². The van der Waals surface area contributed by atoms with Crippen molar-refractivity contribution < 1.29 is 4.79 Å². The molecule has 3 aromatic rings. The molecule has 1 amide bonds. The minimum atomic E-state index is -0.0859. The molecule has 1 aromatic carbocycles. The number of thiazole rings is 1. The van der Waals surface area contributed by atoms with E-state index in [0.29, 0.717) is 12.1 Å². The molecular formula is C18H14N4OS. The average Bonchev–Trinajstić information content (AvgIpc) is 3.09. The number of carbonyl (C=O) groups is 1. The minimum Gasteiger partial charge on any atom is -0.352 e. The second-order valence-electron chi connectivity index (χ2n) is 5.12. The van der Waals surface area contributed by atoms with Gasteiger partial charge in [0.25, 0.3) is 0 Å². The summed E-state index contributed by atoms with van der Waals surface area (Å²) in [7, 11) is 0. The zero-order chi connectivity index (χ0) is 16.8. The maximum Gasteiger partial charge on any atom is 0.226 e. The Morgan fingerprint density at radius 2 is 2.04 bits per heavy atom. The highest BCUT2D eigenvalue weighted by atomic mass is 32.1. The molecule has 6 heteroatoms. The fourth-order valence-electron chi connectivity index (χ4n) is 2.12. The van der Waals surface area contributed by atoms with E-state index in [4.69, 9.17) is 5.26 Å². The third-order valence-corrected chi connectivity index (χ3v) is 4.26. The lowest BCUT2D eigenvalue weighted by Crippen LogP contribution is -2.24. The van der Waals surface area contributed by atoms with Crippen LogP contribution in [0.4, 0.5) is 0 Å². The van der Waals surface area contributed by atoms with Crippen molar-refractivity contribution in [3.8, 4) is 16.8 Å². The van der Waals surface area contributed by atoms with Crippen LogP contribution in [-0.2, 0) is 17.8 Å². The Hall–Kier alpha value is -3.04. The smallest absolute Gasteiger partial charge is 0.226 e. The standard InChI is InChI=1S/C18H14N4OS/c19-10-13-4-6-14(7-5-13)11-21-17(23)9-15-12-24-18(22-15)16-3-1-2-8-20-16/h1-8,12H,9,11H2,(H,21,23). The van der Waals surface area contributed by atoms with Crippen LogP contribution in [0.5, 0.6) is 0 Å². The molecule has 0 aliphatic rings. The molecule has 0 saturated heterocycles. The summed E-state index contributed by atoms with van der Waals surface area (Å²) in [6.07, 6.45) is 1.96. The summed E-state index contributed by atoms with van der Waals surface area (Å²) in [5, 5.41) is 14.3. The molecule has 0 radical (unpaired) electrons. The summed E-state index contributed by atoms with van der Waals surface area (Å²) in [6, 6.07) is 14.9. The molecular weight excluding hydrogens is 320 g/mol. The second-order valence-corrected chi connectivity index (χ2v) is 5.98. The van der Waals surface area contributed by atoms with Crippen molar-refractivity contribution in [2.45, 2.75) is 13.0 Å². The predicted molar refractivity (Wildman–Crippen MR) is 92.1 cm³/mol. The highest BCUT2D eigenvalue weighted by Crippen LogP contribution is 2.21. The van der Waals surface area contributed by atoms with Crippen LogP contribution in [0.1, 0.15) is 16.8 Å². The zero-order valence-corrected chi connectivity index (χ0v) is 13.6. The van der Waals surface area contributed by atoms with E-state index in [1.807, 2.05) is 35.7 Å². The van der Waals surface area contributed by atoms with Crippen LogP contribution in [0.2, 0.25) is 0 Å². The molecule has 0 aliphatic carbocycles. The van der Waals surface area contributed by atoms with Gasteiger partial charge in [-0.2, -0.15) is 5.26 Å². The molecule has 0 spiro atoms. The van der Waals surface area contributed by atoms with Gasteiger partial charge in [0.1, 0.15) is 5.01 Å². The van der Waals surface area contributed by atoms with Crippen LogP contribution in [0, 0.1) is 11.3 Å². The number of aromatic nitrogens is 2. The molecule has 24 heavy (non-hydrogen) atoms. The Bertz CT molecular complexity index is 866. The van der Waals surface area contributed by atoms with Crippen molar-refractivity contribution in [1.82, 2.24) is 15.3 Å². The highest BCUT2D eigenvalue weighted by molar-refractivity contribution is 7.13. The van der Waals surface area contributed by atoms with Crippen LogP contribution in [0.15, 0.2) is 54.0 Å². The summed E-state index contributed by atoms with van der Waals surface area (Å²) in [5.41, 5.74) is 3.11. The summed E-state index contributed by atoms with van der Waals surface area (Å²) < 4.78 is 0. The Morgan fingerprint density at radius 3 is 2.75 bits per heavy atom. The number of carbonyl (C=O) groups excluding carboxylic acids is 1. The molecule has 2 aromatic heterocycles. The molecule has 0 atom stereocenters. The molecule has 0 saturated carbocycles. The van der Waals surface area contributed by atoms with Gasteiger partial charge >= 0.3 is 0 Å². The number of pyridine rings is 1. The third-order valence-electron chi connectivity index (χ3n) is 3.35. The van der Waals surface area contributed by atoms with Crippen molar-refractivity contribution in [2.75, 3.05) is 0 Å². The molecule has 118 valence electrons. The first-order valence-electron chi connectivity index (χ1n) is 7.36. The van der Waals surface area contributed by atoms with E-state index in [-0.39, 0.29) is 12.3 Å². The Balaban J connectivity index is 1.55. The molecule has 2 heterocycles. The number of hydrogen-bond donors (Lipinski definition) is 1. The van der Waals surface area contributed by atoms with E-state index < -0.39 is 0 Å². The van der Waals surface area contributed by atoms with Crippen molar-refractivity contribution in [2.24, 2.45) is 0 Å². The lowest BCUT2D eigenvalue weighted by molar-refractivity contribution is -0.120. The van der Waals surface area contributed by atoms with Crippen LogP contribution in [-0.4, -0.2) is 15.9 Å². The van der Waals surface area contributed by atoms with Gasteiger partial charge in [0.15, 0.2) is 0 Å². The van der Waals surface area contributed by atoms with Gasteiger partial charge in [-0.3, -0.25) is 9.78 Å². The van der Waals surface area contributed by atoms with Gasteiger partial charge in [-0.15, -0.1) is 11.3 Å². The topological polar surface area (TPSA) is 78.7 Å². The predicted octanol–water partition coefficient (Wildman–Crippen LogP) is 2.94. The number of rotatable bonds is 5. The summed E-state index contributed by atoms with van der Waals surface area (Å²) in [6.45, 7) is 0.432. The molecule has 0 fully saturated rings. The van der Waals surface area contributed by atoms with Gasteiger partial charge in [0, 0.05) is 18.1 Å². The van der Waals surface area contributed by atoms with Gasteiger partial charge < -0.3 is 5.32 Å². The van der Waals surface area contributed by atoms with Crippen molar-refractivity contribution in [3.63, 3.8) is 0 Å². The monoisotopic (exact) mass is 334 g/mol. The van der Waals surface area contributed by atoms with Crippen molar-refractivity contribution >= 4 is 17.2 Å². The number of amides is 1. The maximum atomic E-state index is 12.0. The summed E-state index contributed by atoms with van der Waals surface area (Å²) >= 11 is 1.48. The maximum absolute atomic E-state index is 12.0. The molecule has 0 aliphatic heterocycles. The van der Waals surface area contributed by atoms with Gasteiger partial charge in [-0.1, -0.05) is 18.2 Å². The van der Waals surface area contributed by atoms with E-state index in [0.717, 1.165) is 22.0 Å². The number of benzene rings is 1. The molecule has 0 unspecified atom stereocenters. The third kappa shape index (κ3) is 4.03. The summed E-state index contributed by atoms with van der Waals surface area (Å²) in [5.74, 6) is -0.0859. The summed E-state index contributed by atoms with van der Waals surface area (Å²) in [4.78, 5) is 20.8. The zero-order valence-electron chi connectivity index (χ0n) is 12.8. The van der Waals surface area contributed by atoms with Gasteiger partial charge in [-0.25, -0.2) is 4.98 Å². The normalized spacial score (nSPS) is 10.1. The molecule has 3 rings (SSSR count). The first kappa shape index (κ1) is 15.8. The molecule has 0 bridgehead atoms. The van der Waals surface area contributed by atoms with Gasteiger partial charge in [0.05, 0.1) is 29.4 Å². The minimum absolute atomic E-state index is 0.0859. The quantitative estimate of drug-likeness (QED) is 0.778. The Morgan fingerprint density at radius 1 is 1.21 bits per heavy atom. The van der Waals surface area contributed by atoms with E-state index in [1.165, 1.54) is 11.3 Å². The lowest BCUT2D eigenvalue weighted by atomic mass is 10.1. The highest BCUT2D eigenvalue weighted by Gasteiger charge is 2.09. The van der Waals surface area contributed by atoms with Crippen LogP contribution >= 0.6 is 11.3 Å². The van der Waals surface area contributed by atoms with E-state index in [9.17, 15) is 4.79 Å². The van der Waals surface area contributed by atoms with Crippen molar-refractivity contribution in [1.29, 1.82) is 5.26 Å². The van der Waals surface area contributed by atoms with Crippen molar-refractivity contribution in [3.05, 3.63) is 70.9 Å². The van der Waals surface area contributed by atoms with Crippen LogP contribution in [0.3, 0.4) is 0 Å². The second kappa shape index (κ2) is 7.49. The average molecular weight is 334 g/mol. The fourth-order valence-corrected chi connectivity index (χ4v) is 2.92.